The van der Waals surface area contributed by atoms with Crippen LogP contribution in [0, 0.1) is 6.92 Å². The van der Waals surface area contributed by atoms with E-state index in [2.05, 4.69) is 47.1 Å². The number of rotatable bonds is 0. The molecular formula is C9H7BrS. The molecule has 0 spiro atoms. The molecule has 2 aromatic rings. The van der Waals surface area contributed by atoms with Gasteiger partial charge in [0.25, 0.3) is 0 Å². The van der Waals surface area contributed by atoms with Crippen molar-refractivity contribution >= 4 is 37.4 Å². The predicted molar refractivity (Wildman–Crippen MR) is 54.3 cm³/mol. The zero-order valence-electron chi connectivity index (χ0n) is 6.10. The van der Waals surface area contributed by atoms with Crippen molar-refractivity contribution in [3.05, 3.63) is 33.6 Å². The third-order valence-electron chi connectivity index (χ3n) is 1.71. The van der Waals surface area contributed by atoms with Crippen LogP contribution in [0.15, 0.2) is 28.1 Å². The fraction of sp³-hybridized carbons (Fsp3) is 0.111. The molecule has 0 aliphatic carbocycles. The molecule has 0 N–H and O–H groups in total. The summed E-state index contributed by atoms with van der Waals surface area (Å²) in [7, 11) is 0. The largest absolute Gasteiger partial charge is 0.128 e. The molecule has 0 nitrogen and oxygen atoms in total. The molecule has 0 bridgehead atoms. The van der Waals surface area contributed by atoms with E-state index in [-0.39, 0.29) is 0 Å². The first-order valence-electron chi connectivity index (χ1n) is 3.42. The van der Waals surface area contributed by atoms with Gasteiger partial charge >= 0.3 is 0 Å². The lowest BCUT2D eigenvalue weighted by Crippen LogP contribution is -1.67. The van der Waals surface area contributed by atoms with Crippen LogP contribution in [0.3, 0.4) is 0 Å². The Morgan fingerprint density at radius 3 is 2.91 bits per heavy atom. The summed E-state index contributed by atoms with van der Waals surface area (Å²) >= 11 is 5.27. The lowest BCUT2D eigenvalue weighted by atomic mass is 10.2. The summed E-state index contributed by atoms with van der Waals surface area (Å²) in [6, 6.07) is 8.54. The lowest BCUT2D eigenvalue weighted by molar-refractivity contribution is 1.56. The molecule has 0 fully saturated rings. The van der Waals surface area contributed by atoms with Gasteiger partial charge in [0.1, 0.15) is 0 Å². The van der Waals surface area contributed by atoms with Crippen molar-refractivity contribution in [3.63, 3.8) is 0 Å². The second-order valence-corrected chi connectivity index (χ2v) is 4.98. The predicted octanol–water partition coefficient (Wildman–Crippen LogP) is 3.97. The van der Waals surface area contributed by atoms with E-state index < -0.39 is 0 Å². The summed E-state index contributed by atoms with van der Waals surface area (Å²) in [5, 5.41) is 1.34. The number of benzene rings is 1. The van der Waals surface area contributed by atoms with Gasteiger partial charge in [0.2, 0.25) is 0 Å². The van der Waals surface area contributed by atoms with Gasteiger partial charge in [0.05, 0.1) is 3.79 Å². The van der Waals surface area contributed by atoms with Crippen molar-refractivity contribution in [2.24, 2.45) is 0 Å². The second kappa shape index (κ2) is 2.61. The number of hydrogen-bond acceptors (Lipinski definition) is 1. The highest BCUT2D eigenvalue weighted by Crippen LogP contribution is 2.31. The third-order valence-corrected chi connectivity index (χ3v) is 3.50. The Morgan fingerprint density at radius 1 is 1.36 bits per heavy atom. The molecule has 2 rings (SSSR count). The molecule has 0 amide bonds. The fourth-order valence-corrected chi connectivity index (χ4v) is 2.76. The Hall–Kier alpha value is -0.340. The van der Waals surface area contributed by atoms with Crippen molar-refractivity contribution in [3.8, 4) is 0 Å². The standard InChI is InChI=1S/C9H7BrS/c1-6-3-2-4-7-5-8(10)11-9(6)7/h2-5H,1H3. The average molecular weight is 227 g/mol. The normalized spacial score (nSPS) is 10.7. The minimum Gasteiger partial charge on any atom is -0.128 e. The molecule has 0 saturated heterocycles. The van der Waals surface area contributed by atoms with Crippen LogP contribution in [0.4, 0.5) is 0 Å². The monoisotopic (exact) mass is 226 g/mol. The number of hydrogen-bond donors (Lipinski definition) is 0. The van der Waals surface area contributed by atoms with Gasteiger partial charge in [-0.2, -0.15) is 0 Å². The van der Waals surface area contributed by atoms with Gasteiger partial charge in [0, 0.05) is 4.70 Å². The molecule has 0 saturated carbocycles. The molecular weight excluding hydrogens is 220 g/mol. The quantitative estimate of drug-likeness (QED) is 0.638. The van der Waals surface area contributed by atoms with Crippen LogP contribution in [0.2, 0.25) is 0 Å². The van der Waals surface area contributed by atoms with E-state index in [1.54, 1.807) is 11.3 Å². The van der Waals surface area contributed by atoms with Gasteiger partial charge in [-0.05, 0) is 39.9 Å². The average Bonchev–Trinajstić information content (AvgIpc) is 2.31. The Balaban J connectivity index is 2.90. The third kappa shape index (κ3) is 1.21. The summed E-state index contributed by atoms with van der Waals surface area (Å²) in [6.07, 6.45) is 0. The van der Waals surface area contributed by atoms with E-state index in [0.717, 1.165) is 0 Å². The van der Waals surface area contributed by atoms with Crippen molar-refractivity contribution < 1.29 is 0 Å². The highest BCUT2D eigenvalue weighted by Gasteiger charge is 1.99. The van der Waals surface area contributed by atoms with Gasteiger partial charge in [0.15, 0.2) is 0 Å². The van der Waals surface area contributed by atoms with Crippen molar-refractivity contribution in [1.82, 2.24) is 0 Å². The van der Waals surface area contributed by atoms with E-state index in [0.29, 0.717) is 0 Å². The maximum absolute atomic E-state index is 3.48. The Morgan fingerprint density at radius 2 is 2.18 bits per heavy atom. The number of aryl methyl sites for hydroxylation is 1. The minimum atomic E-state index is 1.21. The molecule has 11 heavy (non-hydrogen) atoms. The van der Waals surface area contributed by atoms with E-state index in [9.17, 15) is 0 Å². The molecule has 56 valence electrons. The van der Waals surface area contributed by atoms with Crippen LogP contribution < -0.4 is 0 Å². The number of thiophene rings is 1. The Bertz CT molecular complexity index is 389. The SMILES string of the molecule is Cc1cccc2cc(Br)sc12. The lowest BCUT2D eigenvalue weighted by Gasteiger charge is -1.91. The smallest absolute Gasteiger partial charge is 0.0711 e. The van der Waals surface area contributed by atoms with Crippen molar-refractivity contribution in [1.29, 1.82) is 0 Å². The molecule has 0 aliphatic heterocycles. The molecule has 0 radical (unpaired) electrons. The van der Waals surface area contributed by atoms with Gasteiger partial charge in [-0.15, -0.1) is 11.3 Å². The van der Waals surface area contributed by atoms with Crippen LogP contribution >= 0.6 is 27.3 Å². The van der Waals surface area contributed by atoms with E-state index in [4.69, 9.17) is 0 Å². The van der Waals surface area contributed by atoms with Crippen molar-refractivity contribution in [2.45, 2.75) is 6.92 Å². The van der Waals surface area contributed by atoms with Crippen LogP contribution in [-0.4, -0.2) is 0 Å². The number of fused-ring (bicyclic) bond motifs is 1. The van der Waals surface area contributed by atoms with Gasteiger partial charge in [-0.3, -0.25) is 0 Å². The second-order valence-electron chi connectivity index (χ2n) is 2.54. The molecule has 0 aliphatic rings. The molecule has 2 heteroatoms. The molecule has 0 unspecified atom stereocenters. The molecule has 0 atom stereocenters. The molecule has 1 heterocycles. The maximum Gasteiger partial charge on any atom is 0.0711 e. The molecule has 1 aromatic heterocycles. The number of halogens is 1. The van der Waals surface area contributed by atoms with Gasteiger partial charge < -0.3 is 0 Å². The van der Waals surface area contributed by atoms with Crippen LogP contribution in [0.1, 0.15) is 5.56 Å². The zero-order valence-corrected chi connectivity index (χ0v) is 8.50. The van der Waals surface area contributed by atoms with Crippen LogP contribution in [-0.2, 0) is 0 Å². The molecule has 1 aromatic carbocycles. The highest BCUT2D eigenvalue weighted by molar-refractivity contribution is 9.11. The summed E-state index contributed by atoms with van der Waals surface area (Å²) in [5.41, 5.74) is 1.36. The summed E-state index contributed by atoms with van der Waals surface area (Å²) < 4.78 is 2.60. The van der Waals surface area contributed by atoms with Crippen LogP contribution in [0.25, 0.3) is 10.1 Å². The fourth-order valence-electron chi connectivity index (χ4n) is 1.18. The van der Waals surface area contributed by atoms with E-state index >= 15 is 0 Å². The van der Waals surface area contributed by atoms with E-state index in [1.165, 1.54) is 19.4 Å². The van der Waals surface area contributed by atoms with Crippen LogP contribution in [0.5, 0.6) is 0 Å². The zero-order chi connectivity index (χ0) is 7.84. The maximum atomic E-state index is 3.48. The Kier molecular flexibility index (Phi) is 1.74. The summed E-state index contributed by atoms with van der Waals surface area (Å²) in [6.45, 7) is 2.14. The first kappa shape index (κ1) is 7.32. The van der Waals surface area contributed by atoms with Gasteiger partial charge in [-0.1, -0.05) is 18.2 Å². The minimum absolute atomic E-state index is 1.21. The van der Waals surface area contributed by atoms with E-state index in [1.807, 2.05) is 0 Å². The highest BCUT2D eigenvalue weighted by atomic mass is 79.9. The topological polar surface area (TPSA) is 0 Å². The summed E-state index contributed by atoms with van der Waals surface area (Å²) in [5.74, 6) is 0. The Labute approximate surface area is 78.0 Å². The first-order chi connectivity index (χ1) is 5.27. The van der Waals surface area contributed by atoms with Crippen molar-refractivity contribution in [2.75, 3.05) is 0 Å². The first-order valence-corrected chi connectivity index (χ1v) is 5.03. The summed E-state index contributed by atoms with van der Waals surface area (Å²) in [4.78, 5) is 0. The van der Waals surface area contributed by atoms with Gasteiger partial charge in [-0.25, -0.2) is 0 Å².